The van der Waals surface area contributed by atoms with Gasteiger partial charge in [-0.15, -0.1) is 0 Å². The quantitative estimate of drug-likeness (QED) is 0.750. The summed E-state index contributed by atoms with van der Waals surface area (Å²) in [6, 6.07) is 0.191. The SMILES string of the molecule is CCC(CC)NC(=O)CN1CCCC1(C)C(=O)O. The lowest BCUT2D eigenvalue weighted by Gasteiger charge is -2.31. The molecular formula is C13H24N2O3. The molecule has 0 aromatic heterocycles. The molecule has 1 atom stereocenters. The van der Waals surface area contributed by atoms with Crippen molar-refractivity contribution in [3.05, 3.63) is 0 Å². The van der Waals surface area contributed by atoms with E-state index in [0.29, 0.717) is 13.0 Å². The molecule has 1 heterocycles. The first kappa shape index (κ1) is 15.0. The summed E-state index contributed by atoms with van der Waals surface area (Å²) in [5.41, 5.74) is -0.884. The van der Waals surface area contributed by atoms with Gasteiger partial charge in [-0.3, -0.25) is 14.5 Å². The predicted octanol–water partition coefficient (Wildman–Crippen LogP) is 1.23. The molecule has 5 heteroatoms. The Hall–Kier alpha value is -1.10. The molecule has 1 amide bonds. The van der Waals surface area contributed by atoms with Crippen LogP contribution in [0.5, 0.6) is 0 Å². The number of aliphatic carboxylic acids is 1. The zero-order valence-electron chi connectivity index (χ0n) is 11.5. The Labute approximate surface area is 109 Å². The normalized spacial score (nSPS) is 24.4. The molecule has 2 N–H and O–H groups in total. The fraction of sp³-hybridized carbons (Fsp3) is 0.846. The Balaban J connectivity index is 2.56. The van der Waals surface area contributed by atoms with Crippen molar-refractivity contribution in [3.8, 4) is 0 Å². The Morgan fingerprint density at radius 1 is 1.39 bits per heavy atom. The van der Waals surface area contributed by atoms with Crippen molar-refractivity contribution in [1.29, 1.82) is 0 Å². The minimum atomic E-state index is -0.884. The van der Waals surface area contributed by atoms with E-state index in [1.807, 2.05) is 13.8 Å². The lowest BCUT2D eigenvalue weighted by atomic mass is 9.99. The molecule has 0 spiro atoms. The largest absolute Gasteiger partial charge is 0.480 e. The van der Waals surface area contributed by atoms with E-state index in [4.69, 9.17) is 0 Å². The summed E-state index contributed by atoms with van der Waals surface area (Å²) in [5, 5.41) is 12.2. The molecule has 0 aromatic carbocycles. The molecule has 1 fully saturated rings. The summed E-state index contributed by atoms with van der Waals surface area (Å²) in [7, 11) is 0. The fourth-order valence-corrected chi connectivity index (χ4v) is 2.45. The highest BCUT2D eigenvalue weighted by Crippen LogP contribution is 2.28. The fourth-order valence-electron chi connectivity index (χ4n) is 2.45. The first-order valence-electron chi connectivity index (χ1n) is 6.71. The van der Waals surface area contributed by atoms with Gasteiger partial charge in [0.2, 0.25) is 5.91 Å². The molecule has 1 saturated heterocycles. The minimum Gasteiger partial charge on any atom is -0.480 e. The highest BCUT2D eigenvalue weighted by Gasteiger charge is 2.43. The lowest BCUT2D eigenvalue weighted by Crippen LogP contribution is -2.52. The molecule has 1 unspecified atom stereocenters. The molecule has 0 bridgehead atoms. The van der Waals surface area contributed by atoms with Crippen LogP contribution in [0.2, 0.25) is 0 Å². The maximum absolute atomic E-state index is 11.9. The third kappa shape index (κ3) is 3.22. The number of carbonyl (C=O) groups excluding carboxylic acids is 1. The number of hydrogen-bond donors (Lipinski definition) is 2. The van der Waals surface area contributed by atoms with Crippen LogP contribution in [0.25, 0.3) is 0 Å². The molecular weight excluding hydrogens is 232 g/mol. The second kappa shape index (κ2) is 6.18. The number of carbonyl (C=O) groups is 2. The van der Waals surface area contributed by atoms with E-state index in [1.165, 1.54) is 0 Å². The smallest absolute Gasteiger partial charge is 0.323 e. The van der Waals surface area contributed by atoms with Gasteiger partial charge in [-0.05, 0) is 39.2 Å². The number of carboxylic acids is 1. The molecule has 1 aliphatic rings. The molecule has 0 radical (unpaired) electrons. The Morgan fingerprint density at radius 2 is 2.00 bits per heavy atom. The zero-order chi connectivity index (χ0) is 13.8. The van der Waals surface area contributed by atoms with Gasteiger partial charge in [-0.1, -0.05) is 13.8 Å². The van der Waals surface area contributed by atoms with Crippen LogP contribution >= 0.6 is 0 Å². The summed E-state index contributed by atoms with van der Waals surface area (Å²) in [4.78, 5) is 24.9. The van der Waals surface area contributed by atoms with Gasteiger partial charge < -0.3 is 10.4 Å². The molecule has 1 rings (SSSR count). The van der Waals surface area contributed by atoms with Gasteiger partial charge in [0.05, 0.1) is 6.54 Å². The third-order valence-electron chi connectivity index (χ3n) is 3.94. The highest BCUT2D eigenvalue weighted by molar-refractivity contribution is 5.82. The van der Waals surface area contributed by atoms with E-state index in [0.717, 1.165) is 19.3 Å². The van der Waals surface area contributed by atoms with Crippen molar-refractivity contribution in [1.82, 2.24) is 10.2 Å². The van der Waals surface area contributed by atoms with Crippen LogP contribution in [0.1, 0.15) is 46.5 Å². The first-order chi connectivity index (χ1) is 8.43. The van der Waals surface area contributed by atoms with Gasteiger partial charge in [0.25, 0.3) is 0 Å². The van der Waals surface area contributed by atoms with E-state index in [9.17, 15) is 14.7 Å². The monoisotopic (exact) mass is 256 g/mol. The van der Waals surface area contributed by atoms with Crippen molar-refractivity contribution >= 4 is 11.9 Å². The molecule has 5 nitrogen and oxygen atoms in total. The molecule has 0 saturated carbocycles. The minimum absolute atomic E-state index is 0.0712. The molecule has 1 aliphatic heterocycles. The Morgan fingerprint density at radius 3 is 2.50 bits per heavy atom. The maximum Gasteiger partial charge on any atom is 0.323 e. The average molecular weight is 256 g/mol. The van der Waals surface area contributed by atoms with Gasteiger partial charge in [-0.2, -0.15) is 0 Å². The number of carboxylic acid groups (broad SMARTS) is 1. The van der Waals surface area contributed by atoms with E-state index >= 15 is 0 Å². The highest BCUT2D eigenvalue weighted by atomic mass is 16.4. The number of hydrogen-bond acceptors (Lipinski definition) is 3. The lowest BCUT2D eigenvalue weighted by molar-refractivity contribution is -0.149. The van der Waals surface area contributed by atoms with Gasteiger partial charge in [0.15, 0.2) is 0 Å². The van der Waals surface area contributed by atoms with Crippen molar-refractivity contribution in [2.45, 2.75) is 58.0 Å². The molecule has 18 heavy (non-hydrogen) atoms. The second-order valence-corrected chi connectivity index (χ2v) is 5.19. The van der Waals surface area contributed by atoms with Crippen molar-refractivity contribution in [3.63, 3.8) is 0 Å². The van der Waals surface area contributed by atoms with Crippen LogP contribution in [-0.2, 0) is 9.59 Å². The summed E-state index contributed by atoms with van der Waals surface area (Å²) in [5.74, 6) is -0.909. The van der Waals surface area contributed by atoms with E-state index in [1.54, 1.807) is 11.8 Å². The number of likely N-dealkylation sites (tertiary alicyclic amines) is 1. The maximum atomic E-state index is 11.9. The van der Waals surface area contributed by atoms with Crippen LogP contribution in [0.3, 0.4) is 0 Å². The number of rotatable bonds is 6. The summed E-state index contributed by atoms with van der Waals surface area (Å²) in [6.07, 6.45) is 3.25. The van der Waals surface area contributed by atoms with E-state index in [-0.39, 0.29) is 18.5 Å². The van der Waals surface area contributed by atoms with Crippen LogP contribution in [0, 0.1) is 0 Å². The van der Waals surface area contributed by atoms with Crippen LogP contribution < -0.4 is 5.32 Å². The Bertz CT molecular complexity index is 315. The Kier molecular flexibility index (Phi) is 5.14. The summed E-state index contributed by atoms with van der Waals surface area (Å²) in [6.45, 7) is 6.63. The third-order valence-corrected chi connectivity index (χ3v) is 3.94. The van der Waals surface area contributed by atoms with Gasteiger partial charge in [-0.25, -0.2) is 0 Å². The van der Waals surface area contributed by atoms with Crippen molar-refractivity contribution < 1.29 is 14.7 Å². The second-order valence-electron chi connectivity index (χ2n) is 5.19. The van der Waals surface area contributed by atoms with E-state index in [2.05, 4.69) is 5.32 Å². The van der Waals surface area contributed by atoms with Gasteiger partial charge in [0.1, 0.15) is 5.54 Å². The number of nitrogens with one attached hydrogen (secondary N) is 1. The predicted molar refractivity (Wildman–Crippen MR) is 69.4 cm³/mol. The van der Waals surface area contributed by atoms with Gasteiger partial charge >= 0.3 is 5.97 Å². The number of nitrogens with zero attached hydrogens (tertiary/aromatic N) is 1. The summed E-state index contributed by atoms with van der Waals surface area (Å²) >= 11 is 0. The van der Waals surface area contributed by atoms with Crippen LogP contribution in [0.15, 0.2) is 0 Å². The van der Waals surface area contributed by atoms with E-state index < -0.39 is 11.5 Å². The molecule has 0 aromatic rings. The summed E-state index contributed by atoms with van der Waals surface area (Å²) < 4.78 is 0. The zero-order valence-corrected chi connectivity index (χ0v) is 11.5. The molecule has 0 aliphatic carbocycles. The van der Waals surface area contributed by atoms with Crippen LogP contribution in [0.4, 0.5) is 0 Å². The van der Waals surface area contributed by atoms with Crippen molar-refractivity contribution in [2.75, 3.05) is 13.1 Å². The van der Waals surface area contributed by atoms with Crippen molar-refractivity contribution in [2.24, 2.45) is 0 Å². The first-order valence-corrected chi connectivity index (χ1v) is 6.71. The average Bonchev–Trinajstić information content (AvgIpc) is 2.69. The van der Waals surface area contributed by atoms with Crippen LogP contribution in [-0.4, -0.2) is 46.6 Å². The topological polar surface area (TPSA) is 69.6 Å². The standard InChI is InChI=1S/C13H24N2O3/c1-4-10(5-2)14-11(16)9-15-8-6-7-13(15,3)12(17)18/h10H,4-9H2,1-3H3,(H,14,16)(H,17,18). The molecule has 104 valence electrons. The number of amides is 1. The van der Waals surface area contributed by atoms with Gasteiger partial charge in [0, 0.05) is 6.04 Å².